The van der Waals surface area contributed by atoms with Crippen molar-refractivity contribution in [3.05, 3.63) is 53.2 Å². The molecule has 0 atom stereocenters. The molecule has 0 bridgehead atoms. The lowest BCUT2D eigenvalue weighted by Gasteiger charge is -2.07. The van der Waals surface area contributed by atoms with Gasteiger partial charge < -0.3 is 10.1 Å². The fourth-order valence-corrected chi connectivity index (χ4v) is 1.58. The smallest absolute Gasteiger partial charge is 0.145 e. The lowest BCUT2D eigenvalue weighted by molar-refractivity contribution is 0.414. The summed E-state index contributed by atoms with van der Waals surface area (Å²) in [5.41, 5.74) is 1.13. The van der Waals surface area contributed by atoms with E-state index in [4.69, 9.17) is 16.3 Å². The van der Waals surface area contributed by atoms with Gasteiger partial charge in [-0.3, -0.25) is 0 Å². The number of hydrogen-bond acceptors (Lipinski definition) is 3. The Morgan fingerprint density at radius 2 is 2.12 bits per heavy atom. The predicted octanol–water partition coefficient (Wildman–Crippen LogP) is 3.16. The van der Waals surface area contributed by atoms with Gasteiger partial charge in [0.1, 0.15) is 11.6 Å². The number of hydrogen-bond donors (Lipinski definition) is 1. The van der Waals surface area contributed by atoms with Crippen LogP contribution >= 0.6 is 11.6 Å². The van der Waals surface area contributed by atoms with E-state index in [2.05, 4.69) is 16.4 Å². The van der Waals surface area contributed by atoms with Gasteiger partial charge in [-0.15, -0.1) is 0 Å². The average molecular weight is 248 g/mol. The molecule has 17 heavy (non-hydrogen) atoms. The molecule has 4 heteroatoms. The minimum Gasteiger partial charge on any atom is -0.497 e. The molecule has 87 valence electrons. The van der Waals surface area contributed by atoms with Crippen LogP contribution in [0.2, 0.25) is 5.02 Å². The number of methoxy groups -OCH3 is 1. The Kier molecular flexibility index (Phi) is 3.83. The zero-order valence-electron chi connectivity index (χ0n) is 9.40. The Balaban J connectivity index is 2.00. The molecule has 0 aliphatic carbocycles. The van der Waals surface area contributed by atoms with E-state index >= 15 is 0 Å². The van der Waals surface area contributed by atoms with Gasteiger partial charge in [0, 0.05) is 18.8 Å². The highest BCUT2D eigenvalue weighted by Crippen LogP contribution is 2.18. The zero-order valence-corrected chi connectivity index (χ0v) is 10.2. The van der Waals surface area contributed by atoms with E-state index in [1.807, 2.05) is 24.3 Å². The van der Waals surface area contributed by atoms with Crippen molar-refractivity contribution in [3.8, 4) is 5.75 Å². The molecule has 1 N–H and O–H groups in total. The van der Waals surface area contributed by atoms with Gasteiger partial charge in [-0.25, -0.2) is 4.98 Å². The van der Waals surface area contributed by atoms with Crippen molar-refractivity contribution < 1.29 is 4.74 Å². The van der Waals surface area contributed by atoms with Gasteiger partial charge in [-0.2, -0.15) is 0 Å². The van der Waals surface area contributed by atoms with Crippen molar-refractivity contribution in [1.82, 2.24) is 4.98 Å². The largest absolute Gasteiger partial charge is 0.497 e. The van der Waals surface area contributed by atoms with E-state index in [0.717, 1.165) is 11.3 Å². The fraction of sp³-hybridized carbons (Fsp3) is 0.154. The Labute approximate surface area is 105 Å². The van der Waals surface area contributed by atoms with E-state index in [1.54, 1.807) is 19.4 Å². The second kappa shape index (κ2) is 5.55. The second-order valence-corrected chi connectivity index (χ2v) is 3.83. The molecule has 0 amide bonds. The molecule has 0 aliphatic rings. The van der Waals surface area contributed by atoms with Crippen LogP contribution in [0.25, 0.3) is 0 Å². The van der Waals surface area contributed by atoms with Gasteiger partial charge >= 0.3 is 0 Å². The van der Waals surface area contributed by atoms with Crippen LogP contribution < -0.4 is 10.1 Å². The molecule has 0 saturated carbocycles. The van der Waals surface area contributed by atoms with E-state index in [-0.39, 0.29) is 0 Å². The van der Waals surface area contributed by atoms with Crippen molar-refractivity contribution in [2.45, 2.75) is 6.54 Å². The lowest BCUT2D eigenvalue weighted by atomic mass is 10.2. The predicted molar refractivity (Wildman–Crippen MR) is 68.4 cm³/mol. The molecular weight excluding hydrogens is 236 g/mol. The van der Waals surface area contributed by atoms with Crippen molar-refractivity contribution in [2.24, 2.45) is 0 Å². The summed E-state index contributed by atoms with van der Waals surface area (Å²) in [4.78, 5) is 4.13. The van der Waals surface area contributed by atoms with Gasteiger partial charge in [0.15, 0.2) is 0 Å². The fourth-order valence-electron chi connectivity index (χ4n) is 1.40. The monoisotopic (exact) mass is 247 g/mol. The topological polar surface area (TPSA) is 34.1 Å². The number of nitrogens with one attached hydrogen (secondary N) is 1. The van der Waals surface area contributed by atoms with Crippen LogP contribution in [-0.2, 0) is 6.54 Å². The van der Waals surface area contributed by atoms with Crippen LogP contribution in [-0.4, -0.2) is 12.1 Å². The molecular formula is C13H12ClN2O. The van der Waals surface area contributed by atoms with E-state index in [1.165, 1.54) is 0 Å². The maximum absolute atomic E-state index is 5.94. The van der Waals surface area contributed by atoms with Gasteiger partial charge in [0.2, 0.25) is 0 Å². The Morgan fingerprint density at radius 3 is 2.76 bits per heavy atom. The summed E-state index contributed by atoms with van der Waals surface area (Å²) >= 11 is 5.94. The molecule has 0 fully saturated rings. The molecule has 3 nitrogen and oxygen atoms in total. The molecule has 2 rings (SSSR count). The van der Waals surface area contributed by atoms with Gasteiger partial charge in [0.05, 0.1) is 12.1 Å². The number of aromatic nitrogens is 1. The van der Waals surface area contributed by atoms with E-state index in [9.17, 15) is 0 Å². The lowest BCUT2D eigenvalue weighted by Crippen LogP contribution is -2.01. The van der Waals surface area contributed by atoms with Crippen LogP contribution in [0.15, 0.2) is 36.5 Å². The van der Waals surface area contributed by atoms with Crippen molar-refractivity contribution in [2.75, 3.05) is 12.4 Å². The summed E-state index contributed by atoms with van der Waals surface area (Å²) in [7, 11) is 1.65. The Hall–Kier alpha value is -1.74. The zero-order chi connectivity index (χ0) is 12.1. The standard InChI is InChI=1S/C13H12ClN2O/c1-17-11-6-4-10(5-7-11)9-16-13-12(14)3-2-8-15-13/h2,4-8H,9H2,1H3,(H,15,16). The van der Waals surface area contributed by atoms with E-state index < -0.39 is 0 Å². The van der Waals surface area contributed by atoms with Crippen molar-refractivity contribution >= 4 is 17.4 Å². The van der Waals surface area contributed by atoms with Crippen LogP contribution in [0.5, 0.6) is 5.75 Å². The summed E-state index contributed by atoms with van der Waals surface area (Å²) < 4.78 is 5.09. The Morgan fingerprint density at radius 1 is 1.35 bits per heavy atom. The maximum Gasteiger partial charge on any atom is 0.145 e. The first kappa shape index (κ1) is 11.7. The minimum absolute atomic E-state index is 0.501. The summed E-state index contributed by atoms with van der Waals surface area (Å²) in [6, 6.07) is 12.4. The average Bonchev–Trinajstić information content (AvgIpc) is 2.38. The molecule has 0 saturated heterocycles. The first-order chi connectivity index (χ1) is 8.29. The molecule has 0 aliphatic heterocycles. The minimum atomic E-state index is 0.501. The number of benzene rings is 1. The number of anilines is 1. The quantitative estimate of drug-likeness (QED) is 0.901. The highest BCUT2D eigenvalue weighted by atomic mass is 35.5. The third-order valence-corrected chi connectivity index (χ3v) is 2.60. The number of halogens is 1. The highest BCUT2D eigenvalue weighted by Gasteiger charge is 2.00. The molecule has 1 heterocycles. The van der Waals surface area contributed by atoms with Gasteiger partial charge in [-0.05, 0) is 23.8 Å². The number of nitrogens with zero attached hydrogens (tertiary/aromatic N) is 1. The normalized spacial score (nSPS) is 10.0. The number of rotatable bonds is 4. The third kappa shape index (κ3) is 3.11. The van der Waals surface area contributed by atoms with Gasteiger partial charge in [-0.1, -0.05) is 23.7 Å². The summed E-state index contributed by atoms with van der Waals surface area (Å²) in [5.74, 6) is 1.49. The highest BCUT2D eigenvalue weighted by molar-refractivity contribution is 6.32. The molecule has 0 unspecified atom stereocenters. The summed E-state index contributed by atoms with van der Waals surface area (Å²) in [6.07, 6.45) is 1.65. The van der Waals surface area contributed by atoms with Crippen molar-refractivity contribution in [1.29, 1.82) is 0 Å². The first-order valence-electron chi connectivity index (χ1n) is 5.18. The van der Waals surface area contributed by atoms with Crippen LogP contribution in [0, 0.1) is 6.07 Å². The molecule has 0 spiro atoms. The molecule has 2 aromatic rings. The Bertz CT molecular complexity index is 485. The van der Waals surface area contributed by atoms with Crippen molar-refractivity contribution in [3.63, 3.8) is 0 Å². The second-order valence-electron chi connectivity index (χ2n) is 3.45. The molecule has 1 aromatic carbocycles. The third-order valence-electron chi connectivity index (χ3n) is 2.32. The summed E-state index contributed by atoms with van der Waals surface area (Å²) in [6.45, 7) is 0.661. The van der Waals surface area contributed by atoms with Crippen LogP contribution in [0.1, 0.15) is 5.56 Å². The number of pyridine rings is 1. The summed E-state index contributed by atoms with van der Waals surface area (Å²) in [5, 5.41) is 3.65. The van der Waals surface area contributed by atoms with Crippen LogP contribution in [0.3, 0.4) is 0 Å². The maximum atomic E-state index is 5.94. The molecule has 1 aromatic heterocycles. The number of ether oxygens (including phenoxy) is 1. The van der Waals surface area contributed by atoms with E-state index in [0.29, 0.717) is 17.4 Å². The first-order valence-corrected chi connectivity index (χ1v) is 5.56. The van der Waals surface area contributed by atoms with Gasteiger partial charge in [0.25, 0.3) is 0 Å². The molecule has 1 radical (unpaired) electrons. The SMILES string of the molecule is COc1ccc(CNc2ncc[c]c2Cl)cc1. The van der Waals surface area contributed by atoms with Crippen LogP contribution in [0.4, 0.5) is 5.82 Å².